The van der Waals surface area contributed by atoms with Crippen molar-refractivity contribution in [3.63, 3.8) is 0 Å². The maximum absolute atomic E-state index is 5.17. The molecular formula is C17H17N5OS. The topological polar surface area (TPSA) is 65.2 Å². The minimum absolute atomic E-state index is 0.670. The molecule has 6 nitrogen and oxygen atoms in total. The molecule has 0 spiro atoms. The second-order valence-electron chi connectivity index (χ2n) is 4.81. The summed E-state index contributed by atoms with van der Waals surface area (Å²) in [6, 6.07) is 11.5. The number of nitrogens with zero attached hydrogens (tertiary/aromatic N) is 5. The lowest BCUT2D eigenvalue weighted by molar-refractivity contribution is 0.415. The minimum atomic E-state index is 0.670. The van der Waals surface area contributed by atoms with Gasteiger partial charge in [-0.1, -0.05) is 18.7 Å². The number of hydrogen-bond acceptors (Lipinski definition) is 6. The fourth-order valence-electron chi connectivity index (χ4n) is 2.08. The van der Waals surface area contributed by atoms with Gasteiger partial charge in [-0.15, -0.1) is 10.2 Å². The SMILES string of the molecule is CCSc1nnc(-c2cccnc2)n1N=Cc1ccc(OC)cc1. The molecule has 1 aromatic carbocycles. The standard InChI is InChI=1S/C17H17N5OS/c1-3-24-17-21-20-16(14-5-4-10-18-12-14)22(17)19-11-13-6-8-15(23-2)9-7-13/h4-12H,3H2,1-2H3. The number of ether oxygens (including phenoxy) is 1. The second kappa shape index (κ2) is 7.74. The summed E-state index contributed by atoms with van der Waals surface area (Å²) in [6.07, 6.45) is 5.26. The van der Waals surface area contributed by atoms with Gasteiger partial charge in [0.1, 0.15) is 5.75 Å². The van der Waals surface area contributed by atoms with Gasteiger partial charge in [0.15, 0.2) is 5.82 Å². The molecule has 0 saturated carbocycles. The molecule has 0 aliphatic rings. The Morgan fingerprint density at radius 1 is 1.21 bits per heavy atom. The van der Waals surface area contributed by atoms with E-state index in [2.05, 4.69) is 27.2 Å². The molecule has 0 N–H and O–H groups in total. The summed E-state index contributed by atoms with van der Waals surface area (Å²) in [5.41, 5.74) is 1.84. The van der Waals surface area contributed by atoms with Gasteiger partial charge in [-0.05, 0) is 47.7 Å². The van der Waals surface area contributed by atoms with Gasteiger partial charge in [-0.2, -0.15) is 9.78 Å². The van der Waals surface area contributed by atoms with Crippen LogP contribution in [0, 0.1) is 0 Å². The van der Waals surface area contributed by atoms with Gasteiger partial charge in [0.25, 0.3) is 0 Å². The molecular weight excluding hydrogens is 322 g/mol. The first kappa shape index (κ1) is 16.2. The van der Waals surface area contributed by atoms with Gasteiger partial charge < -0.3 is 4.74 Å². The molecule has 0 amide bonds. The van der Waals surface area contributed by atoms with E-state index in [9.17, 15) is 0 Å². The highest BCUT2D eigenvalue weighted by molar-refractivity contribution is 7.99. The van der Waals surface area contributed by atoms with Gasteiger partial charge in [-0.3, -0.25) is 4.98 Å². The Kier molecular flexibility index (Phi) is 5.22. The number of thioether (sulfide) groups is 1. The largest absolute Gasteiger partial charge is 0.497 e. The van der Waals surface area contributed by atoms with Crippen LogP contribution in [0.5, 0.6) is 5.75 Å². The third kappa shape index (κ3) is 3.62. The number of methoxy groups -OCH3 is 1. The Labute approximate surface area is 144 Å². The lowest BCUT2D eigenvalue weighted by atomic mass is 10.2. The summed E-state index contributed by atoms with van der Waals surface area (Å²) in [7, 11) is 1.65. The first-order valence-electron chi connectivity index (χ1n) is 7.49. The summed E-state index contributed by atoms with van der Waals surface area (Å²) in [5.74, 6) is 2.38. The fourth-order valence-corrected chi connectivity index (χ4v) is 2.69. The van der Waals surface area contributed by atoms with E-state index >= 15 is 0 Å². The third-order valence-electron chi connectivity index (χ3n) is 3.24. The number of hydrogen-bond donors (Lipinski definition) is 0. The number of aromatic nitrogens is 4. The maximum atomic E-state index is 5.17. The smallest absolute Gasteiger partial charge is 0.212 e. The molecule has 0 bridgehead atoms. The van der Waals surface area contributed by atoms with Crippen LogP contribution in [0.4, 0.5) is 0 Å². The second-order valence-corrected chi connectivity index (χ2v) is 6.04. The highest BCUT2D eigenvalue weighted by Crippen LogP contribution is 2.23. The molecule has 3 rings (SSSR count). The molecule has 2 aromatic heterocycles. The zero-order valence-electron chi connectivity index (χ0n) is 13.5. The zero-order chi connectivity index (χ0) is 16.8. The zero-order valence-corrected chi connectivity index (χ0v) is 14.3. The molecule has 0 fully saturated rings. The Morgan fingerprint density at radius 3 is 2.71 bits per heavy atom. The lowest BCUT2D eigenvalue weighted by Gasteiger charge is -2.03. The molecule has 0 atom stereocenters. The number of benzene rings is 1. The molecule has 7 heteroatoms. The van der Waals surface area contributed by atoms with E-state index in [1.807, 2.05) is 36.4 Å². The summed E-state index contributed by atoms with van der Waals surface area (Å²) < 4.78 is 6.91. The third-order valence-corrected chi connectivity index (χ3v) is 4.04. The van der Waals surface area contributed by atoms with Crippen molar-refractivity contribution < 1.29 is 4.74 Å². The number of rotatable bonds is 6. The molecule has 3 aromatic rings. The van der Waals surface area contributed by atoms with Crippen molar-refractivity contribution in [3.05, 3.63) is 54.4 Å². The van der Waals surface area contributed by atoms with E-state index in [1.165, 1.54) is 0 Å². The lowest BCUT2D eigenvalue weighted by Crippen LogP contribution is -1.97. The summed E-state index contributed by atoms with van der Waals surface area (Å²) in [4.78, 5) is 4.14. The highest BCUT2D eigenvalue weighted by Gasteiger charge is 2.13. The van der Waals surface area contributed by atoms with Crippen LogP contribution < -0.4 is 4.74 Å². The van der Waals surface area contributed by atoms with E-state index in [4.69, 9.17) is 4.74 Å². The first-order chi connectivity index (χ1) is 11.8. The summed E-state index contributed by atoms with van der Waals surface area (Å²) >= 11 is 1.59. The van der Waals surface area contributed by atoms with Gasteiger partial charge in [0.2, 0.25) is 5.16 Å². The minimum Gasteiger partial charge on any atom is -0.497 e. The van der Waals surface area contributed by atoms with Crippen molar-refractivity contribution in [2.45, 2.75) is 12.1 Å². The Morgan fingerprint density at radius 2 is 2.04 bits per heavy atom. The normalized spacial score (nSPS) is 11.1. The summed E-state index contributed by atoms with van der Waals surface area (Å²) in [6.45, 7) is 2.07. The van der Waals surface area contributed by atoms with Crippen LogP contribution in [0.3, 0.4) is 0 Å². The molecule has 0 unspecified atom stereocenters. The van der Waals surface area contributed by atoms with E-state index < -0.39 is 0 Å². The average molecular weight is 339 g/mol. The molecule has 2 heterocycles. The quantitative estimate of drug-likeness (QED) is 0.509. The molecule has 122 valence electrons. The van der Waals surface area contributed by atoms with Crippen LogP contribution in [0.1, 0.15) is 12.5 Å². The molecule has 0 radical (unpaired) electrons. The van der Waals surface area contributed by atoms with Gasteiger partial charge >= 0.3 is 0 Å². The maximum Gasteiger partial charge on any atom is 0.212 e. The van der Waals surface area contributed by atoms with Crippen LogP contribution in [0.25, 0.3) is 11.4 Å². The molecule has 0 aliphatic carbocycles. The molecule has 0 saturated heterocycles. The van der Waals surface area contributed by atoms with Crippen molar-refractivity contribution in [1.82, 2.24) is 19.9 Å². The molecule has 24 heavy (non-hydrogen) atoms. The monoisotopic (exact) mass is 339 g/mol. The van der Waals surface area contributed by atoms with Crippen LogP contribution in [0.2, 0.25) is 0 Å². The van der Waals surface area contributed by atoms with Gasteiger partial charge in [0, 0.05) is 18.0 Å². The van der Waals surface area contributed by atoms with Gasteiger partial charge in [0.05, 0.1) is 13.3 Å². The van der Waals surface area contributed by atoms with Crippen molar-refractivity contribution in [2.75, 3.05) is 12.9 Å². The Bertz CT molecular complexity index is 815. The number of pyridine rings is 1. The predicted molar refractivity (Wildman–Crippen MR) is 95.6 cm³/mol. The van der Waals surface area contributed by atoms with Crippen molar-refractivity contribution in [1.29, 1.82) is 0 Å². The highest BCUT2D eigenvalue weighted by atomic mass is 32.2. The van der Waals surface area contributed by atoms with Crippen LogP contribution >= 0.6 is 11.8 Å². The Balaban J connectivity index is 1.95. The Hall–Kier alpha value is -2.67. The molecule has 0 aliphatic heterocycles. The fraction of sp³-hybridized carbons (Fsp3) is 0.176. The van der Waals surface area contributed by atoms with Crippen LogP contribution in [-0.2, 0) is 0 Å². The van der Waals surface area contributed by atoms with Crippen molar-refractivity contribution >= 4 is 18.0 Å². The average Bonchev–Trinajstić information content (AvgIpc) is 3.04. The first-order valence-corrected chi connectivity index (χ1v) is 8.47. The van der Waals surface area contributed by atoms with Crippen LogP contribution in [0.15, 0.2) is 59.0 Å². The summed E-state index contributed by atoms with van der Waals surface area (Å²) in [5, 5.41) is 13.8. The van der Waals surface area contributed by atoms with E-state index in [0.29, 0.717) is 5.82 Å². The van der Waals surface area contributed by atoms with Crippen molar-refractivity contribution in [3.8, 4) is 17.1 Å². The van der Waals surface area contributed by atoms with Crippen LogP contribution in [-0.4, -0.2) is 38.9 Å². The van der Waals surface area contributed by atoms with E-state index in [-0.39, 0.29) is 0 Å². The predicted octanol–water partition coefficient (Wildman–Crippen LogP) is 3.34. The van der Waals surface area contributed by atoms with E-state index in [1.54, 1.807) is 42.2 Å². The van der Waals surface area contributed by atoms with Crippen molar-refractivity contribution in [2.24, 2.45) is 5.10 Å². The van der Waals surface area contributed by atoms with E-state index in [0.717, 1.165) is 27.8 Å². The van der Waals surface area contributed by atoms with Gasteiger partial charge in [-0.25, -0.2) is 0 Å².